The van der Waals surface area contributed by atoms with Crippen molar-refractivity contribution in [3.05, 3.63) is 35.8 Å². The molecular weight excluding hydrogens is 254 g/mol. The molecule has 2 aromatic rings. The van der Waals surface area contributed by atoms with Crippen LogP contribution >= 0.6 is 0 Å². The number of anilines is 1. The summed E-state index contributed by atoms with van der Waals surface area (Å²) in [4.78, 5) is 17.1. The Labute approximate surface area is 116 Å². The average molecular weight is 267 g/mol. The van der Waals surface area contributed by atoms with Crippen molar-refractivity contribution >= 4 is 12.0 Å². The predicted molar refractivity (Wildman–Crippen MR) is 72.9 cm³/mol. The van der Waals surface area contributed by atoms with Gasteiger partial charge < -0.3 is 4.90 Å². The topological polar surface area (TPSA) is 74.8 Å². The summed E-state index contributed by atoms with van der Waals surface area (Å²) in [5.41, 5.74) is 1.95. The van der Waals surface area contributed by atoms with Crippen molar-refractivity contribution in [2.75, 3.05) is 18.0 Å². The third-order valence-electron chi connectivity index (χ3n) is 3.41. The number of aldehydes is 1. The maximum atomic E-state index is 10.7. The van der Waals surface area contributed by atoms with Crippen LogP contribution in [0.5, 0.6) is 0 Å². The molecule has 3 rings (SSSR count). The molecule has 0 amide bonds. The maximum absolute atomic E-state index is 10.7. The van der Waals surface area contributed by atoms with Crippen LogP contribution in [-0.4, -0.2) is 34.1 Å². The minimum absolute atomic E-state index is 0.499. The van der Waals surface area contributed by atoms with E-state index in [1.165, 1.54) is 6.20 Å². The lowest BCUT2D eigenvalue weighted by Crippen LogP contribution is -2.19. The summed E-state index contributed by atoms with van der Waals surface area (Å²) in [6.07, 6.45) is 7.69. The van der Waals surface area contributed by atoms with Gasteiger partial charge in [-0.1, -0.05) is 0 Å². The number of pyridine rings is 1. The van der Waals surface area contributed by atoms with E-state index in [1.807, 2.05) is 6.07 Å². The van der Waals surface area contributed by atoms with Gasteiger partial charge in [-0.15, -0.1) is 0 Å². The molecule has 0 spiro atoms. The molecule has 0 N–H and O–H groups in total. The summed E-state index contributed by atoms with van der Waals surface area (Å²) < 4.78 is 1.55. The molecule has 0 unspecified atom stereocenters. The van der Waals surface area contributed by atoms with Crippen LogP contribution in [0.4, 0.5) is 5.69 Å². The first-order chi connectivity index (χ1) is 9.81. The Morgan fingerprint density at radius 2 is 2.10 bits per heavy atom. The molecule has 100 valence electrons. The number of hydrogen-bond acceptors (Lipinski definition) is 5. The van der Waals surface area contributed by atoms with Gasteiger partial charge in [0, 0.05) is 31.5 Å². The van der Waals surface area contributed by atoms with Crippen LogP contribution in [0, 0.1) is 11.3 Å². The summed E-state index contributed by atoms with van der Waals surface area (Å²) in [6.45, 7) is 1.91. The van der Waals surface area contributed by atoms with Crippen molar-refractivity contribution in [3.63, 3.8) is 0 Å². The number of carbonyl (C=O) groups excluding carboxylic acids is 1. The van der Waals surface area contributed by atoms with Gasteiger partial charge in [0.1, 0.15) is 6.07 Å². The zero-order valence-corrected chi connectivity index (χ0v) is 10.9. The van der Waals surface area contributed by atoms with Gasteiger partial charge >= 0.3 is 0 Å². The zero-order chi connectivity index (χ0) is 13.9. The average Bonchev–Trinajstić information content (AvgIpc) is 3.17. The first kappa shape index (κ1) is 12.4. The molecule has 1 aliphatic heterocycles. The van der Waals surface area contributed by atoms with Crippen molar-refractivity contribution < 1.29 is 4.79 Å². The van der Waals surface area contributed by atoms with Gasteiger partial charge in [-0.3, -0.25) is 4.79 Å². The quantitative estimate of drug-likeness (QED) is 0.789. The first-order valence-corrected chi connectivity index (χ1v) is 6.47. The van der Waals surface area contributed by atoms with E-state index < -0.39 is 0 Å². The van der Waals surface area contributed by atoms with Crippen LogP contribution in [0.25, 0.3) is 5.82 Å². The number of rotatable bonds is 3. The molecule has 0 radical (unpaired) electrons. The van der Waals surface area contributed by atoms with E-state index in [1.54, 1.807) is 17.1 Å². The van der Waals surface area contributed by atoms with Crippen molar-refractivity contribution in [3.8, 4) is 11.9 Å². The van der Waals surface area contributed by atoms with E-state index in [9.17, 15) is 10.1 Å². The predicted octanol–water partition coefficient (Wildman–Crippen LogP) is 1.55. The number of hydrogen-bond donors (Lipinski definition) is 0. The molecule has 1 fully saturated rings. The van der Waals surface area contributed by atoms with E-state index >= 15 is 0 Å². The molecule has 0 bridgehead atoms. The molecule has 0 atom stereocenters. The van der Waals surface area contributed by atoms with Crippen molar-refractivity contribution in [2.24, 2.45) is 0 Å². The van der Waals surface area contributed by atoms with Gasteiger partial charge in [0.25, 0.3) is 0 Å². The highest BCUT2D eigenvalue weighted by molar-refractivity contribution is 5.73. The maximum Gasteiger partial charge on any atom is 0.155 e. The summed E-state index contributed by atoms with van der Waals surface area (Å²) in [7, 11) is 0. The standard InChI is InChI=1S/C14H13N5O/c15-6-12-8-16-14(19-9-11(10-20)7-17-19)5-13(12)18-3-1-2-4-18/h5,7-10H,1-4H2. The lowest BCUT2D eigenvalue weighted by molar-refractivity contribution is 0.112. The normalized spacial score (nSPS) is 14.2. The molecule has 0 aromatic carbocycles. The van der Waals surface area contributed by atoms with Crippen molar-refractivity contribution in [1.82, 2.24) is 14.8 Å². The minimum Gasteiger partial charge on any atom is -0.370 e. The minimum atomic E-state index is 0.499. The lowest BCUT2D eigenvalue weighted by Gasteiger charge is -2.19. The van der Waals surface area contributed by atoms with Gasteiger partial charge in [0.05, 0.1) is 23.0 Å². The second-order valence-electron chi connectivity index (χ2n) is 4.70. The molecule has 3 heterocycles. The Balaban J connectivity index is 2.02. The fraction of sp³-hybridized carbons (Fsp3) is 0.286. The monoisotopic (exact) mass is 267 g/mol. The smallest absolute Gasteiger partial charge is 0.155 e. The Hall–Kier alpha value is -2.68. The summed E-state index contributed by atoms with van der Waals surface area (Å²) in [5, 5.41) is 13.3. The SMILES string of the molecule is N#Cc1cnc(-n2cc(C=O)cn2)cc1N1CCCC1. The Bertz CT molecular complexity index is 679. The Morgan fingerprint density at radius 1 is 1.30 bits per heavy atom. The summed E-state index contributed by atoms with van der Waals surface area (Å²) >= 11 is 0. The van der Waals surface area contributed by atoms with Crippen LogP contribution in [0.2, 0.25) is 0 Å². The Morgan fingerprint density at radius 3 is 2.75 bits per heavy atom. The Kier molecular flexibility index (Phi) is 3.17. The molecule has 1 saturated heterocycles. The summed E-state index contributed by atoms with van der Waals surface area (Å²) in [6, 6.07) is 4.03. The summed E-state index contributed by atoms with van der Waals surface area (Å²) in [5.74, 6) is 0.610. The second kappa shape index (κ2) is 5.13. The molecular formula is C14H13N5O. The van der Waals surface area contributed by atoms with Gasteiger partial charge in [-0.2, -0.15) is 10.4 Å². The van der Waals surface area contributed by atoms with E-state index in [-0.39, 0.29) is 0 Å². The van der Waals surface area contributed by atoms with E-state index in [0.29, 0.717) is 16.9 Å². The van der Waals surface area contributed by atoms with Gasteiger partial charge in [-0.25, -0.2) is 9.67 Å². The van der Waals surface area contributed by atoms with Gasteiger partial charge in [0.2, 0.25) is 0 Å². The molecule has 6 heteroatoms. The highest BCUT2D eigenvalue weighted by Gasteiger charge is 2.17. The van der Waals surface area contributed by atoms with E-state index in [4.69, 9.17) is 0 Å². The fourth-order valence-corrected chi connectivity index (χ4v) is 2.39. The van der Waals surface area contributed by atoms with Gasteiger partial charge in [0.15, 0.2) is 12.1 Å². The number of nitriles is 1. The number of nitrogens with zero attached hydrogens (tertiary/aromatic N) is 5. The van der Waals surface area contributed by atoms with Crippen LogP contribution in [0.3, 0.4) is 0 Å². The van der Waals surface area contributed by atoms with Crippen molar-refractivity contribution in [1.29, 1.82) is 5.26 Å². The number of aromatic nitrogens is 3. The molecule has 2 aromatic heterocycles. The van der Waals surface area contributed by atoms with Crippen molar-refractivity contribution in [2.45, 2.75) is 12.8 Å². The molecule has 6 nitrogen and oxygen atoms in total. The zero-order valence-electron chi connectivity index (χ0n) is 10.9. The molecule has 1 aliphatic rings. The van der Waals surface area contributed by atoms with Crippen LogP contribution in [0.1, 0.15) is 28.8 Å². The van der Waals surface area contributed by atoms with Crippen LogP contribution in [-0.2, 0) is 0 Å². The van der Waals surface area contributed by atoms with Crippen LogP contribution < -0.4 is 4.90 Å². The van der Waals surface area contributed by atoms with Crippen LogP contribution in [0.15, 0.2) is 24.7 Å². The molecule has 0 saturated carbocycles. The third-order valence-corrected chi connectivity index (χ3v) is 3.41. The lowest BCUT2D eigenvalue weighted by atomic mass is 10.2. The highest BCUT2D eigenvalue weighted by Crippen LogP contribution is 2.25. The van der Waals surface area contributed by atoms with E-state index in [0.717, 1.165) is 37.9 Å². The first-order valence-electron chi connectivity index (χ1n) is 6.47. The van der Waals surface area contributed by atoms with Gasteiger partial charge in [-0.05, 0) is 12.8 Å². The highest BCUT2D eigenvalue weighted by atomic mass is 16.1. The third kappa shape index (κ3) is 2.14. The van der Waals surface area contributed by atoms with E-state index in [2.05, 4.69) is 21.1 Å². The largest absolute Gasteiger partial charge is 0.370 e. The molecule has 0 aliphatic carbocycles. The fourth-order valence-electron chi connectivity index (χ4n) is 2.39. The molecule has 20 heavy (non-hydrogen) atoms. The second-order valence-corrected chi connectivity index (χ2v) is 4.70. The number of carbonyl (C=O) groups is 1.